The van der Waals surface area contributed by atoms with Crippen molar-refractivity contribution >= 4 is 17.9 Å². The highest BCUT2D eigenvalue weighted by Gasteiger charge is 2.17. The lowest BCUT2D eigenvalue weighted by molar-refractivity contribution is 0.111. The van der Waals surface area contributed by atoms with Gasteiger partial charge in [-0.1, -0.05) is 30.5 Å². The van der Waals surface area contributed by atoms with Crippen molar-refractivity contribution < 1.29 is 9.53 Å². The van der Waals surface area contributed by atoms with E-state index in [9.17, 15) is 4.79 Å². The first-order valence-electron chi connectivity index (χ1n) is 5.67. The van der Waals surface area contributed by atoms with E-state index in [1.165, 1.54) is 25.7 Å². The number of para-hydroxylation sites is 1. The van der Waals surface area contributed by atoms with Gasteiger partial charge in [0.2, 0.25) is 0 Å². The van der Waals surface area contributed by atoms with Gasteiger partial charge in [-0.3, -0.25) is 4.79 Å². The summed E-state index contributed by atoms with van der Waals surface area (Å²) in [5.41, 5.74) is 0.533. The number of carbonyl (C=O) groups excluding carboxylic acids is 1. The van der Waals surface area contributed by atoms with Gasteiger partial charge in [-0.05, 0) is 30.9 Å². The SMILES string of the molecule is O=Cc1cccc(Cl)c1OCC1CCCC1. The monoisotopic (exact) mass is 238 g/mol. The lowest BCUT2D eigenvalue weighted by atomic mass is 10.1. The molecule has 0 atom stereocenters. The first-order chi connectivity index (χ1) is 7.81. The summed E-state index contributed by atoms with van der Waals surface area (Å²) in [7, 11) is 0. The van der Waals surface area contributed by atoms with Gasteiger partial charge in [0.25, 0.3) is 0 Å². The zero-order valence-electron chi connectivity index (χ0n) is 9.12. The molecule has 0 spiro atoms. The minimum atomic E-state index is 0.516. The van der Waals surface area contributed by atoms with Crippen LogP contribution >= 0.6 is 11.6 Å². The summed E-state index contributed by atoms with van der Waals surface area (Å²) in [5.74, 6) is 1.15. The maximum Gasteiger partial charge on any atom is 0.153 e. The fraction of sp³-hybridized carbons (Fsp3) is 0.462. The third-order valence-corrected chi connectivity index (χ3v) is 3.36. The van der Waals surface area contributed by atoms with Gasteiger partial charge in [0.1, 0.15) is 5.75 Å². The number of rotatable bonds is 4. The Morgan fingerprint density at radius 2 is 2.12 bits per heavy atom. The minimum Gasteiger partial charge on any atom is -0.491 e. The molecule has 16 heavy (non-hydrogen) atoms. The maximum atomic E-state index is 10.8. The van der Waals surface area contributed by atoms with Crippen LogP contribution in [0.3, 0.4) is 0 Å². The lowest BCUT2D eigenvalue weighted by Crippen LogP contribution is -2.09. The molecule has 0 bridgehead atoms. The van der Waals surface area contributed by atoms with Gasteiger partial charge in [-0.15, -0.1) is 0 Å². The van der Waals surface area contributed by atoms with Crippen molar-refractivity contribution in [2.24, 2.45) is 5.92 Å². The summed E-state index contributed by atoms with van der Waals surface area (Å²) < 4.78 is 5.68. The summed E-state index contributed by atoms with van der Waals surface area (Å²) in [6, 6.07) is 5.23. The van der Waals surface area contributed by atoms with Crippen LogP contribution in [0.15, 0.2) is 18.2 Å². The molecule has 2 nitrogen and oxygen atoms in total. The number of halogens is 1. The quantitative estimate of drug-likeness (QED) is 0.748. The van der Waals surface area contributed by atoms with Crippen molar-refractivity contribution in [3.63, 3.8) is 0 Å². The van der Waals surface area contributed by atoms with E-state index in [4.69, 9.17) is 16.3 Å². The number of ether oxygens (including phenoxy) is 1. The Balaban J connectivity index is 2.04. The number of carbonyl (C=O) groups is 1. The van der Waals surface area contributed by atoms with E-state index in [1.807, 2.05) is 0 Å². The molecule has 1 saturated carbocycles. The molecule has 1 aromatic carbocycles. The fourth-order valence-electron chi connectivity index (χ4n) is 2.15. The number of hydrogen-bond acceptors (Lipinski definition) is 2. The van der Waals surface area contributed by atoms with Crippen LogP contribution in [0.25, 0.3) is 0 Å². The van der Waals surface area contributed by atoms with Crippen LogP contribution in [-0.4, -0.2) is 12.9 Å². The van der Waals surface area contributed by atoms with Crippen molar-refractivity contribution in [3.8, 4) is 5.75 Å². The van der Waals surface area contributed by atoms with Gasteiger partial charge in [0.15, 0.2) is 6.29 Å². The second-order valence-electron chi connectivity index (χ2n) is 4.24. The van der Waals surface area contributed by atoms with Gasteiger partial charge in [0.05, 0.1) is 17.2 Å². The van der Waals surface area contributed by atoms with Crippen LogP contribution in [0.5, 0.6) is 5.75 Å². The van der Waals surface area contributed by atoms with Gasteiger partial charge >= 0.3 is 0 Å². The molecule has 0 unspecified atom stereocenters. The second-order valence-corrected chi connectivity index (χ2v) is 4.64. The van der Waals surface area contributed by atoms with E-state index in [1.54, 1.807) is 18.2 Å². The average molecular weight is 239 g/mol. The highest BCUT2D eigenvalue weighted by atomic mass is 35.5. The standard InChI is InChI=1S/C13H15ClO2/c14-12-7-3-6-11(8-15)13(12)16-9-10-4-1-2-5-10/h3,6-8,10H,1-2,4-5,9H2. The van der Waals surface area contributed by atoms with Crippen LogP contribution in [-0.2, 0) is 0 Å². The molecule has 1 aliphatic carbocycles. The molecule has 0 radical (unpaired) electrons. The van der Waals surface area contributed by atoms with E-state index in [0.29, 0.717) is 28.9 Å². The Morgan fingerprint density at radius 3 is 2.81 bits per heavy atom. The molecule has 0 aliphatic heterocycles. The third-order valence-electron chi connectivity index (χ3n) is 3.06. The first-order valence-corrected chi connectivity index (χ1v) is 6.05. The molecule has 1 aromatic rings. The molecule has 0 saturated heterocycles. The van der Waals surface area contributed by atoms with Crippen LogP contribution in [0, 0.1) is 5.92 Å². The Labute approximate surface area is 101 Å². The van der Waals surface area contributed by atoms with Crippen molar-refractivity contribution in [1.29, 1.82) is 0 Å². The van der Waals surface area contributed by atoms with Gasteiger partial charge in [-0.2, -0.15) is 0 Å². The Hall–Kier alpha value is -1.02. The molecule has 3 heteroatoms. The van der Waals surface area contributed by atoms with Crippen molar-refractivity contribution in [2.45, 2.75) is 25.7 Å². The summed E-state index contributed by atoms with van der Waals surface area (Å²) in [6.45, 7) is 0.671. The van der Waals surface area contributed by atoms with E-state index in [0.717, 1.165) is 6.29 Å². The fourth-order valence-corrected chi connectivity index (χ4v) is 2.39. The molecule has 0 N–H and O–H groups in total. The van der Waals surface area contributed by atoms with Crippen molar-refractivity contribution in [3.05, 3.63) is 28.8 Å². The van der Waals surface area contributed by atoms with Crippen LogP contribution in [0.4, 0.5) is 0 Å². The molecule has 1 fully saturated rings. The lowest BCUT2D eigenvalue weighted by Gasteiger charge is -2.13. The predicted octanol–water partition coefficient (Wildman–Crippen LogP) is 3.72. The predicted molar refractivity (Wildman–Crippen MR) is 64.3 cm³/mol. The summed E-state index contributed by atoms with van der Waals surface area (Å²) in [4.78, 5) is 10.8. The zero-order chi connectivity index (χ0) is 11.4. The summed E-state index contributed by atoms with van der Waals surface area (Å²) in [6.07, 6.45) is 5.81. The molecule has 86 valence electrons. The zero-order valence-corrected chi connectivity index (χ0v) is 9.87. The molecular formula is C13H15ClO2. The van der Waals surface area contributed by atoms with E-state index >= 15 is 0 Å². The Bertz CT molecular complexity index is 370. The first kappa shape index (κ1) is 11.5. The van der Waals surface area contributed by atoms with Gasteiger partial charge < -0.3 is 4.74 Å². The molecule has 1 aliphatic rings. The highest BCUT2D eigenvalue weighted by Crippen LogP contribution is 2.30. The number of hydrogen-bond donors (Lipinski definition) is 0. The van der Waals surface area contributed by atoms with Crippen LogP contribution < -0.4 is 4.74 Å². The largest absolute Gasteiger partial charge is 0.491 e. The van der Waals surface area contributed by atoms with E-state index in [2.05, 4.69) is 0 Å². The minimum absolute atomic E-state index is 0.516. The summed E-state index contributed by atoms with van der Waals surface area (Å²) >= 11 is 6.01. The number of aldehydes is 1. The average Bonchev–Trinajstić information content (AvgIpc) is 2.80. The van der Waals surface area contributed by atoms with Gasteiger partial charge in [0, 0.05) is 0 Å². The van der Waals surface area contributed by atoms with E-state index < -0.39 is 0 Å². The highest BCUT2D eigenvalue weighted by molar-refractivity contribution is 6.32. The van der Waals surface area contributed by atoms with Gasteiger partial charge in [-0.25, -0.2) is 0 Å². The summed E-state index contributed by atoms with van der Waals surface area (Å²) in [5, 5.41) is 0.516. The van der Waals surface area contributed by atoms with Crippen molar-refractivity contribution in [1.82, 2.24) is 0 Å². The number of benzene rings is 1. The Kier molecular flexibility index (Phi) is 3.83. The van der Waals surface area contributed by atoms with Crippen LogP contribution in [0.2, 0.25) is 5.02 Å². The Morgan fingerprint density at radius 1 is 1.38 bits per heavy atom. The molecule has 2 rings (SSSR count). The molecular weight excluding hydrogens is 224 g/mol. The maximum absolute atomic E-state index is 10.8. The topological polar surface area (TPSA) is 26.3 Å². The molecule has 0 aromatic heterocycles. The normalized spacial score (nSPS) is 16.3. The molecule has 0 amide bonds. The third kappa shape index (κ3) is 2.56. The van der Waals surface area contributed by atoms with Crippen molar-refractivity contribution in [2.75, 3.05) is 6.61 Å². The smallest absolute Gasteiger partial charge is 0.153 e. The van der Waals surface area contributed by atoms with E-state index in [-0.39, 0.29) is 0 Å². The second kappa shape index (κ2) is 5.35. The van der Waals surface area contributed by atoms with Crippen LogP contribution in [0.1, 0.15) is 36.0 Å². The molecule has 0 heterocycles.